The van der Waals surface area contributed by atoms with Crippen molar-refractivity contribution in [3.05, 3.63) is 22.3 Å². The first-order chi connectivity index (χ1) is 12.2. The quantitative estimate of drug-likeness (QED) is 0.663. The fourth-order valence-electron chi connectivity index (χ4n) is 2.72. The maximum atomic E-state index is 10.6. The van der Waals surface area contributed by atoms with Gasteiger partial charge in [-0.2, -0.15) is 18.4 Å². The molecule has 0 saturated heterocycles. The number of carboxylic acids is 1. The van der Waals surface area contributed by atoms with Crippen LogP contribution in [0.5, 0.6) is 0 Å². The van der Waals surface area contributed by atoms with Gasteiger partial charge in [-0.3, -0.25) is 0 Å². The van der Waals surface area contributed by atoms with Crippen LogP contribution in [-0.4, -0.2) is 34.8 Å². The molecule has 10 heteroatoms. The van der Waals surface area contributed by atoms with Crippen molar-refractivity contribution < 1.29 is 23.1 Å². The first-order valence-electron chi connectivity index (χ1n) is 8.01. The third-order valence-electron chi connectivity index (χ3n) is 4.01. The molecule has 1 aliphatic rings. The fourth-order valence-corrected chi connectivity index (χ4v) is 3.05. The SMILES string of the molecule is N#Cc1cc(Br)cnc1NC(CN)C1CCCCC1.O=C(O)C(F)(F)F. The summed E-state index contributed by atoms with van der Waals surface area (Å²) in [7, 11) is 0. The maximum absolute atomic E-state index is 10.6. The van der Waals surface area contributed by atoms with Gasteiger partial charge in [0.1, 0.15) is 11.9 Å². The van der Waals surface area contributed by atoms with Crippen LogP contribution in [0.4, 0.5) is 19.0 Å². The van der Waals surface area contributed by atoms with Gasteiger partial charge in [-0.15, -0.1) is 0 Å². The molecule has 0 aromatic carbocycles. The Morgan fingerprint density at radius 1 is 1.46 bits per heavy atom. The Morgan fingerprint density at radius 3 is 2.50 bits per heavy atom. The summed E-state index contributed by atoms with van der Waals surface area (Å²) in [5, 5.41) is 19.6. The number of nitrogens with two attached hydrogens (primary N) is 1. The molecule has 1 aliphatic carbocycles. The van der Waals surface area contributed by atoms with E-state index in [4.69, 9.17) is 20.9 Å². The topological polar surface area (TPSA) is 112 Å². The standard InChI is InChI=1S/C14H19BrN4.C2HF3O2/c15-12-6-11(7-16)14(18-9-12)19-13(8-17)10-4-2-1-3-5-10;3-2(4,5)1(6)7/h6,9-10,13H,1-5,8,17H2,(H,18,19);(H,6,7). The molecule has 1 atom stereocenters. The monoisotopic (exact) mass is 436 g/mol. The van der Waals surface area contributed by atoms with E-state index in [9.17, 15) is 13.2 Å². The lowest BCUT2D eigenvalue weighted by Crippen LogP contribution is -2.37. The Kier molecular flexibility index (Phi) is 8.81. The second-order valence-corrected chi connectivity index (χ2v) is 6.76. The molecular formula is C16H20BrF3N4O2. The Hall–Kier alpha value is -1.86. The van der Waals surface area contributed by atoms with Crippen LogP contribution in [0.3, 0.4) is 0 Å². The van der Waals surface area contributed by atoms with E-state index in [1.165, 1.54) is 32.1 Å². The predicted octanol–water partition coefficient (Wildman–Crippen LogP) is 3.67. The number of carboxylic acid groups (broad SMARTS) is 1. The summed E-state index contributed by atoms with van der Waals surface area (Å²) in [6.45, 7) is 0.577. The van der Waals surface area contributed by atoms with Crippen LogP contribution >= 0.6 is 15.9 Å². The summed E-state index contributed by atoms with van der Waals surface area (Å²) in [6, 6.07) is 4.16. The average molecular weight is 437 g/mol. The highest BCUT2D eigenvalue weighted by Gasteiger charge is 2.38. The van der Waals surface area contributed by atoms with Gasteiger partial charge in [0.15, 0.2) is 0 Å². The number of aromatic nitrogens is 1. The van der Waals surface area contributed by atoms with Gasteiger partial charge in [0, 0.05) is 23.3 Å². The number of nitrogens with zero attached hydrogens (tertiary/aromatic N) is 2. The lowest BCUT2D eigenvalue weighted by molar-refractivity contribution is -0.192. The average Bonchev–Trinajstić information content (AvgIpc) is 2.61. The minimum absolute atomic E-state index is 0.209. The smallest absolute Gasteiger partial charge is 0.475 e. The summed E-state index contributed by atoms with van der Waals surface area (Å²) in [5.74, 6) is -1.52. The highest BCUT2D eigenvalue weighted by atomic mass is 79.9. The third-order valence-corrected chi connectivity index (χ3v) is 4.45. The number of anilines is 1. The van der Waals surface area contributed by atoms with Crippen LogP contribution in [0.25, 0.3) is 0 Å². The third kappa shape index (κ3) is 7.17. The van der Waals surface area contributed by atoms with Crippen molar-refractivity contribution in [2.75, 3.05) is 11.9 Å². The van der Waals surface area contributed by atoms with Crippen molar-refractivity contribution in [2.45, 2.75) is 44.3 Å². The number of hydrogen-bond donors (Lipinski definition) is 3. The lowest BCUT2D eigenvalue weighted by atomic mass is 9.84. The van der Waals surface area contributed by atoms with Gasteiger partial charge in [0.2, 0.25) is 0 Å². The minimum Gasteiger partial charge on any atom is -0.475 e. The molecule has 0 amide bonds. The minimum atomic E-state index is -5.08. The van der Waals surface area contributed by atoms with E-state index in [-0.39, 0.29) is 6.04 Å². The number of pyridine rings is 1. The Labute approximate surface area is 157 Å². The van der Waals surface area contributed by atoms with Crippen molar-refractivity contribution in [1.82, 2.24) is 4.98 Å². The van der Waals surface area contributed by atoms with E-state index < -0.39 is 12.1 Å². The van der Waals surface area contributed by atoms with Crippen molar-refractivity contribution in [1.29, 1.82) is 5.26 Å². The molecule has 0 spiro atoms. The Morgan fingerprint density at radius 2 is 2.04 bits per heavy atom. The zero-order valence-electron chi connectivity index (χ0n) is 13.9. The van der Waals surface area contributed by atoms with Crippen LogP contribution < -0.4 is 11.1 Å². The number of aliphatic carboxylic acids is 1. The number of nitrogens with one attached hydrogen (secondary N) is 1. The summed E-state index contributed by atoms with van der Waals surface area (Å²) in [4.78, 5) is 13.2. The number of alkyl halides is 3. The molecule has 4 N–H and O–H groups in total. The van der Waals surface area contributed by atoms with E-state index in [1.807, 2.05) is 0 Å². The van der Waals surface area contributed by atoms with Crippen LogP contribution in [0, 0.1) is 17.2 Å². The van der Waals surface area contributed by atoms with Crippen LogP contribution in [-0.2, 0) is 4.79 Å². The summed E-state index contributed by atoms with van der Waals surface area (Å²) < 4.78 is 32.6. The van der Waals surface area contributed by atoms with Gasteiger partial charge in [-0.05, 0) is 40.8 Å². The van der Waals surface area contributed by atoms with E-state index in [0.29, 0.717) is 23.8 Å². The molecule has 26 heavy (non-hydrogen) atoms. The second kappa shape index (κ2) is 10.3. The maximum Gasteiger partial charge on any atom is 0.490 e. The van der Waals surface area contributed by atoms with E-state index >= 15 is 0 Å². The highest BCUT2D eigenvalue weighted by molar-refractivity contribution is 9.10. The zero-order chi connectivity index (χ0) is 19.7. The summed E-state index contributed by atoms with van der Waals surface area (Å²) >= 11 is 3.33. The fraction of sp³-hybridized carbons (Fsp3) is 0.562. The van der Waals surface area contributed by atoms with E-state index in [1.54, 1.807) is 12.3 Å². The van der Waals surface area contributed by atoms with Gasteiger partial charge < -0.3 is 16.2 Å². The number of carbonyl (C=O) groups is 1. The molecule has 1 fully saturated rings. The van der Waals surface area contributed by atoms with Gasteiger partial charge in [-0.25, -0.2) is 9.78 Å². The van der Waals surface area contributed by atoms with Crippen molar-refractivity contribution >= 4 is 27.7 Å². The molecule has 2 rings (SSSR count). The first kappa shape index (κ1) is 22.2. The molecule has 1 unspecified atom stereocenters. The van der Waals surface area contributed by atoms with Crippen molar-refractivity contribution in [2.24, 2.45) is 11.7 Å². The van der Waals surface area contributed by atoms with Crippen LogP contribution in [0.1, 0.15) is 37.7 Å². The molecule has 0 radical (unpaired) electrons. The summed E-state index contributed by atoms with van der Waals surface area (Å²) in [6.07, 6.45) is 2.94. The largest absolute Gasteiger partial charge is 0.490 e. The first-order valence-corrected chi connectivity index (χ1v) is 8.80. The van der Waals surface area contributed by atoms with E-state index in [2.05, 4.69) is 32.3 Å². The van der Waals surface area contributed by atoms with E-state index in [0.717, 1.165) is 4.47 Å². The van der Waals surface area contributed by atoms with Crippen LogP contribution in [0.15, 0.2) is 16.7 Å². The Bertz CT molecular complexity index is 643. The molecule has 1 heterocycles. The van der Waals surface area contributed by atoms with Crippen molar-refractivity contribution in [3.63, 3.8) is 0 Å². The molecule has 0 bridgehead atoms. The van der Waals surface area contributed by atoms with Crippen LogP contribution in [0.2, 0.25) is 0 Å². The molecule has 144 valence electrons. The summed E-state index contributed by atoms with van der Waals surface area (Å²) in [5.41, 5.74) is 6.45. The van der Waals surface area contributed by atoms with Gasteiger partial charge >= 0.3 is 12.1 Å². The lowest BCUT2D eigenvalue weighted by Gasteiger charge is -2.30. The zero-order valence-corrected chi connectivity index (χ0v) is 15.5. The molecule has 1 saturated carbocycles. The van der Waals surface area contributed by atoms with Crippen molar-refractivity contribution in [3.8, 4) is 6.07 Å². The van der Waals surface area contributed by atoms with Gasteiger partial charge in [0.05, 0.1) is 5.56 Å². The van der Waals surface area contributed by atoms with Gasteiger partial charge in [-0.1, -0.05) is 19.3 Å². The molecule has 1 aromatic heterocycles. The molecule has 1 aromatic rings. The molecule has 6 nitrogen and oxygen atoms in total. The number of nitriles is 1. The highest BCUT2D eigenvalue weighted by Crippen LogP contribution is 2.28. The predicted molar refractivity (Wildman–Crippen MR) is 93.4 cm³/mol. The molecular weight excluding hydrogens is 417 g/mol. The second-order valence-electron chi connectivity index (χ2n) is 5.85. The van der Waals surface area contributed by atoms with Gasteiger partial charge in [0.25, 0.3) is 0 Å². The number of halogens is 4. The Balaban J connectivity index is 0.000000412. The molecule has 0 aliphatic heterocycles. The number of rotatable bonds is 4. The normalized spacial score (nSPS) is 16.0. The number of hydrogen-bond acceptors (Lipinski definition) is 5.